The van der Waals surface area contributed by atoms with E-state index in [2.05, 4.69) is 33.1 Å². The van der Waals surface area contributed by atoms with E-state index in [1.54, 1.807) is 24.4 Å². The van der Waals surface area contributed by atoms with Crippen LogP contribution in [0.5, 0.6) is 0 Å². The average molecular weight is 542 g/mol. The number of nitrogens with zero attached hydrogens (tertiary/aromatic N) is 4. The molecule has 1 saturated carbocycles. The minimum absolute atomic E-state index is 0.0510. The molecule has 41 heavy (non-hydrogen) atoms. The molecule has 5 rings (SSSR count). The number of urea groups is 1. The lowest BCUT2D eigenvalue weighted by Gasteiger charge is -2.37. The average Bonchev–Trinajstić information content (AvgIpc) is 3.03. The number of pyridine rings is 1. The van der Waals surface area contributed by atoms with Gasteiger partial charge in [0.1, 0.15) is 11.9 Å². The molecule has 1 aliphatic rings. The smallest absolute Gasteiger partial charge is 0.322 e. The van der Waals surface area contributed by atoms with Crippen LogP contribution in [-0.4, -0.2) is 23.1 Å². The molecule has 204 valence electrons. The van der Waals surface area contributed by atoms with E-state index in [1.165, 1.54) is 0 Å². The first-order valence-corrected chi connectivity index (χ1v) is 13.7. The van der Waals surface area contributed by atoms with Gasteiger partial charge in [-0.2, -0.15) is 10.5 Å². The molecule has 0 unspecified atom stereocenters. The van der Waals surface area contributed by atoms with Gasteiger partial charge in [0.05, 0.1) is 17.2 Å². The second-order valence-corrected chi connectivity index (χ2v) is 10.1. The molecule has 2 amide bonds. The van der Waals surface area contributed by atoms with Crippen molar-refractivity contribution in [3.63, 3.8) is 0 Å². The highest BCUT2D eigenvalue weighted by molar-refractivity contribution is 5.93. The summed E-state index contributed by atoms with van der Waals surface area (Å²) in [5, 5.41) is 28.0. The molecule has 4 aromatic rings. The standard InChI is InChI=1S/C33H31N7O/c34-20-24-6-9-27(10-7-24)38-28-11-15-30(16-12-28)40(33(41)37-22-25-4-2-1-3-5-25)31-17-13-29(14-18-31)39-32-19-8-26(21-35)23-36-32/h1-12,15-16,19,23,29,31,38H,13-14,17-18,22H2,(H,36,39)(H,37,41)/t29-,31-. The van der Waals surface area contributed by atoms with Gasteiger partial charge in [-0.3, -0.25) is 4.90 Å². The number of hydrogen-bond acceptors (Lipinski definition) is 6. The Bertz CT molecular complexity index is 1510. The molecule has 1 aliphatic carbocycles. The van der Waals surface area contributed by atoms with E-state index in [4.69, 9.17) is 10.5 Å². The maximum absolute atomic E-state index is 13.6. The monoisotopic (exact) mass is 541 g/mol. The molecule has 8 nitrogen and oxygen atoms in total. The summed E-state index contributed by atoms with van der Waals surface area (Å²) in [5.74, 6) is 0.760. The number of rotatable bonds is 8. The quantitative estimate of drug-likeness (QED) is 0.228. The van der Waals surface area contributed by atoms with Crippen LogP contribution in [0.4, 0.5) is 27.7 Å². The fraction of sp³-hybridized carbons (Fsp3) is 0.212. The molecule has 0 bridgehead atoms. The number of amides is 2. The van der Waals surface area contributed by atoms with Gasteiger partial charge in [-0.05, 0) is 91.9 Å². The van der Waals surface area contributed by atoms with Gasteiger partial charge in [0.15, 0.2) is 0 Å². The molecule has 1 fully saturated rings. The Kier molecular flexibility index (Phi) is 8.73. The van der Waals surface area contributed by atoms with E-state index >= 15 is 0 Å². The predicted octanol–water partition coefficient (Wildman–Crippen LogP) is 6.71. The summed E-state index contributed by atoms with van der Waals surface area (Å²) < 4.78 is 0. The van der Waals surface area contributed by atoms with Crippen molar-refractivity contribution < 1.29 is 4.79 Å². The predicted molar refractivity (Wildman–Crippen MR) is 161 cm³/mol. The third kappa shape index (κ3) is 7.20. The summed E-state index contributed by atoms with van der Waals surface area (Å²) in [6, 6.07) is 33.1. The van der Waals surface area contributed by atoms with Gasteiger partial charge >= 0.3 is 6.03 Å². The Balaban J connectivity index is 1.27. The highest BCUT2D eigenvalue weighted by Crippen LogP contribution is 2.30. The SMILES string of the molecule is N#Cc1ccc(Nc2ccc(N(C(=O)NCc3ccccc3)[C@H]3CC[C@H](Nc4ccc(C#N)cn4)CC3)cc2)cc1. The van der Waals surface area contributed by atoms with Crippen LogP contribution in [0.15, 0.2) is 97.2 Å². The van der Waals surface area contributed by atoms with E-state index < -0.39 is 0 Å². The second kappa shape index (κ2) is 13.1. The number of nitriles is 2. The summed E-state index contributed by atoms with van der Waals surface area (Å²) in [4.78, 5) is 19.8. The Morgan fingerprint density at radius 3 is 2.05 bits per heavy atom. The zero-order chi connectivity index (χ0) is 28.4. The van der Waals surface area contributed by atoms with Crippen LogP contribution in [0, 0.1) is 22.7 Å². The number of benzene rings is 3. The molecule has 0 atom stereocenters. The molecule has 0 saturated heterocycles. The summed E-state index contributed by atoms with van der Waals surface area (Å²) in [7, 11) is 0. The van der Waals surface area contributed by atoms with Crippen LogP contribution in [0.25, 0.3) is 0 Å². The van der Waals surface area contributed by atoms with Crippen molar-refractivity contribution in [1.82, 2.24) is 10.3 Å². The third-order valence-electron chi connectivity index (χ3n) is 7.26. The van der Waals surface area contributed by atoms with Gasteiger partial charge < -0.3 is 16.0 Å². The Hall–Kier alpha value is -5.34. The summed E-state index contributed by atoms with van der Waals surface area (Å²) >= 11 is 0. The lowest BCUT2D eigenvalue weighted by molar-refractivity contribution is 0.240. The fourth-order valence-corrected chi connectivity index (χ4v) is 5.09. The molecule has 0 aliphatic heterocycles. The van der Waals surface area contributed by atoms with Crippen molar-refractivity contribution >= 4 is 28.9 Å². The number of nitrogens with one attached hydrogen (secondary N) is 3. The summed E-state index contributed by atoms with van der Waals surface area (Å²) in [6.45, 7) is 0.454. The van der Waals surface area contributed by atoms with Crippen molar-refractivity contribution in [2.24, 2.45) is 0 Å². The maximum Gasteiger partial charge on any atom is 0.322 e. The van der Waals surface area contributed by atoms with Crippen LogP contribution in [0.2, 0.25) is 0 Å². The minimum Gasteiger partial charge on any atom is -0.367 e. The van der Waals surface area contributed by atoms with Gasteiger partial charge in [-0.1, -0.05) is 30.3 Å². The maximum atomic E-state index is 13.6. The fourth-order valence-electron chi connectivity index (χ4n) is 5.09. The van der Waals surface area contributed by atoms with Crippen LogP contribution in [0.1, 0.15) is 42.4 Å². The second-order valence-electron chi connectivity index (χ2n) is 10.1. The van der Waals surface area contributed by atoms with E-state index in [1.807, 2.05) is 77.7 Å². The Morgan fingerprint density at radius 2 is 1.44 bits per heavy atom. The summed E-state index contributed by atoms with van der Waals surface area (Å²) in [5.41, 5.74) is 4.81. The highest BCUT2D eigenvalue weighted by atomic mass is 16.2. The highest BCUT2D eigenvalue weighted by Gasteiger charge is 2.30. The van der Waals surface area contributed by atoms with Gasteiger partial charge in [-0.15, -0.1) is 0 Å². The largest absolute Gasteiger partial charge is 0.367 e. The van der Waals surface area contributed by atoms with Crippen molar-refractivity contribution in [1.29, 1.82) is 10.5 Å². The minimum atomic E-state index is -0.119. The number of carbonyl (C=O) groups excluding carboxylic acids is 1. The molecule has 0 radical (unpaired) electrons. The molecule has 1 heterocycles. The van der Waals surface area contributed by atoms with Crippen LogP contribution in [-0.2, 0) is 6.54 Å². The first kappa shape index (κ1) is 27.2. The normalized spacial score (nSPS) is 16.0. The number of hydrogen-bond donors (Lipinski definition) is 3. The zero-order valence-corrected chi connectivity index (χ0v) is 22.6. The van der Waals surface area contributed by atoms with Crippen LogP contribution in [0.3, 0.4) is 0 Å². The van der Waals surface area contributed by atoms with Crippen molar-refractivity contribution in [3.05, 3.63) is 114 Å². The summed E-state index contributed by atoms with van der Waals surface area (Å²) in [6.07, 6.45) is 5.06. The van der Waals surface area contributed by atoms with E-state index in [-0.39, 0.29) is 18.1 Å². The molecule has 0 spiro atoms. The van der Waals surface area contributed by atoms with E-state index in [9.17, 15) is 4.79 Å². The molecular weight excluding hydrogens is 510 g/mol. The Labute approximate surface area is 240 Å². The molecule has 3 N–H and O–H groups in total. The first-order valence-electron chi connectivity index (χ1n) is 13.7. The topological polar surface area (TPSA) is 117 Å². The molecule has 8 heteroatoms. The first-order chi connectivity index (χ1) is 20.1. The number of aromatic nitrogens is 1. The third-order valence-corrected chi connectivity index (χ3v) is 7.26. The number of anilines is 4. The van der Waals surface area contributed by atoms with Gasteiger partial charge in [0.25, 0.3) is 0 Å². The van der Waals surface area contributed by atoms with Crippen molar-refractivity contribution in [2.75, 3.05) is 15.5 Å². The van der Waals surface area contributed by atoms with Crippen molar-refractivity contribution in [2.45, 2.75) is 44.3 Å². The Morgan fingerprint density at radius 1 is 0.805 bits per heavy atom. The van der Waals surface area contributed by atoms with Gasteiger partial charge in [0.2, 0.25) is 0 Å². The molecule has 3 aromatic carbocycles. The van der Waals surface area contributed by atoms with E-state index in [0.29, 0.717) is 17.7 Å². The molecular formula is C33H31N7O. The van der Waals surface area contributed by atoms with Gasteiger partial charge in [-0.25, -0.2) is 9.78 Å². The molecule has 1 aromatic heterocycles. The van der Waals surface area contributed by atoms with E-state index in [0.717, 1.165) is 54.1 Å². The van der Waals surface area contributed by atoms with Crippen LogP contribution >= 0.6 is 0 Å². The zero-order valence-electron chi connectivity index (χ0n) is 22.6. The van der Waals surface area contributed by atoms with Crippen LogP contribution < -0.4 is 20.9 Å². The lowest BCUT2D eigenvalue weighted by Crippen LogP contribution is -2.48. The van der Waals surface area contributed by atoms with Crippen molar-refractivity contribution in [3.8, 4) is 12.1 Å². The lowest BCUT2D eigenvalue weighted by atomic mass is 9.90. The number of carbonyl (C=O) groups is 1. The van der Waals surface area contributed by atoms with Gasteiger partial charge in [0, 0.05) is 41.9 Å².